The molecule has 4 nitrogen and oxygen atoms in total. The summed E-state index contributed by atoms with van der Waals surface area (Å²) in [4.78, 5) is 18.9. The van der Waals surface area contributed by atoms with Crippen molar-refractivity contribution in [2.75, 3.05) is 16.8 Å². The minimum Gasteiger partial charge on any atom is -0.354 e. The predicted molar refractivity (Wildman–Crippen MR) is 102 cm³/mol. The zero-order chi connectivity index (χ0) is 17.6. The summed E-state index contributed by atoms with van der Waals surface area (Å²) in [6.45, 7) is 4.60. The topological polar surface area (TPSA) is 45.2 Å². The lowest BCUT2D eigenvalue weighted by Crippen LogP contribution is -2.30. The van der Waals surface area contributed by atoms with Gasteiger partial charge in [-0.1, -0.05) is 36.4 Å². The quantitative estimate of drug-likeness (QED) is 0.730. The number of benzene rings is 2. The molecule has 0 aliphatic heterocycles. The molecular formula is C21H21N3O. The maximum Gasteiger partial charge on any atom is 0.259 e. The number of nitrogens with zero attached hydrogens (tertiary/aromatic N) is 2. The summed E-state index contributed by atoms with van der Waals surface area (Å²) < 4.78 is 0. The van der Waals surface area contributed by atoms with E-state index >= 15 is 0 Å². The molecule has 0 aliphatic rings. The third kappa shape index (κ3) is 3.86. The van der Waals surface area contributed by atoms with Crippen LogP contribution in [0.2, 0.25) is 0 Å². The SMILES string of the molecule is CCN(C(=O)c1cncc(Nc2ccccc2C)c1)c1ccccc1. The van der Waals surface area contributed by atoms with Gasteiger partial charge in [0.15, 0.2) is 0 Å². The fraction of sp³-hybridized carbons (Fsp3) is 0.143. The summed E-state index contributed by atoms with van der Waals surface area (Å²) in [5.41, 5.74) is 4.38. The third-order valence-electron chi connectivity index (χ3n) is 4.04. The number of carbonyl (C=O) groups excluding carboxylic acids is 1. The van der Waals surface area contributed by atoms with Crippen LogP contribution in [0.15, 0.2) is 73.1 Å². The van der Waals surface area contributed by atoms with Gasteiger partial charge < -0.3 is 10.2 Å². The van der Waals surface area contributed by atoms with Crippen LogP contribution in [0.4, 0.5) is 17.1 Å². The molecule has 0 bridgehead atoms. The van der Waals surface area contributed by atoms with Crippen LogP contribution in [-0.2, 0) is 0 Å². The number of aryl methyl sites for hydroxylation is 1. The highest BCUT2D eigenvalue weighted by atomic mass is 16.2. The molecule has 0 saturated carbocycles. The predicted octanol–water partition coefficient (Wildman–Crippen LogP) is 4.80. The highest BCUT2D eigenvalue weighted by molar-refractivity contribution is 6.06. The second-order valence-corrected chi connectivity index (χ2v) is 5.79. The van der Waals surface area contributed by atoms with Gasteiger partial charge in [-0.3, -0.25) is 9.78 Å². The van der Waals surface area contributed by atoms with Crippen LogP contribution in [0, 0.1) is 6.92 Å². The molecule has 126 valence electrons. The number of nitrogens with one attached hydrogen (secondary N) is 1. The molecule has 0 fully saturated rings. The summed E-state index contributed by atoms with van der Waals surface area (Å²) in [6.07, 6.45) is 3.33. The molecule has 3 rings (SSSR count). The molecule has 1 heterocycles. The van der Waals surface area contributed by atoms with Crippen molar-refractivity contribution in [1.29, 1.82) is 0 Å². The van der Waals surface area contributed by atoms with E-state index in [2.05, 4.69) is 10.3 Å². The van der Waals surface area contributed by atoms with E-state index in [-0.39, 0.29) is 5.91 Å². The average molecular weight is 331 g/mol. The van der Waals surface area contributed by atoms with E-state index in [9.17, 15) is 4.79 Å². The van der Waals surface area contributed by atoms with Gasteiger partial charge in [-0.05, 0) is 43.7 Å². The number of hydrogen-bond acceptors (Lipinski definition) is 3. The van der Waals surface area contributed by atoms with Gasteiger partial charge in [0.1, 0.15) is 0 Å². The van der Waals surface area contributed by atoms with Crippen LogP contribution in [0.5, 0.6) is 0 Å². The molecule has 0 saturated heterocycles. The highest BCUT2D eigenvalue weighted by Gasteiger charge is 2.16. The zero-order valence-electron chi connectivity index (χ0n) is 14.4. The molecule has 25 heavy (non-hydrogen) atoms. The standard InChI is InChI=1S/C21H21N3O/c1-3-24(19-10-5-4-6-11-19)21(25)17-13-18(15-22-14-17)23-20-12-8-7-9-16(20)2/h4-15,23H,3H2,1-2H3. The summed E-state index contributed by atoms with van der Waals surface area (Å²) in [5, 5.41) is 3.33. The fourth-order valence-electron chi connectivity index (χ4n) is 2.70. The lowest BCUT2D eigenvalue weighted by molar-refractivity contribution is 0.0988. The molecule has 0 unspecified atom stereocenters. The second kappa shape index (κ2) is 7.62. The van der Waals surface area contributed by atoms with Gasteiger partial charge in [0.2, 0.25) is 0 Å². The van der Waals surface area contributed by atoms with Gasteiger partial charge in [0, 0.05) is 24.1 Å². The Kier molecular flexibility index (Phi) is 5.09. The Labute approximate surface area is 148 Å². The van der Waals surface area contributed by atoms with Crippen molar-refractivity contribution in [3.05, 3.63) is 84.2 Å². The van der Waals surface area contributed by atoms with E-state index in [0.29, 0.717) is 12.1 Å². The van der Waals surface area contributed by atoms with Gasteiger partial charge in [0.05, 0.1) is 17.4 Å². The molecule has 0 atom stereocenters. The molecule has 1 amide bonds. The highest BCUT2D eigenvalue weighted by Crippen LogP contribution is 2.22. The molecule has 3 aromatic rings. The van der Waals surface area contributed by atoms with Gasteiger partial charge in [-0.2, -0.15) is 0 Å². The third-order valence-corrected chi connectivity index (χ3v) is 4.04. The lowest BCUT2D eigenvalue weighted by Gasteiger charge is -2.21. The van der Waals surface area contributed by atoms with E-state index in [1.54, 1.807) is 17.3 Å². The Morgan fingerprint density at radius 1 is 1.04 bits per heavy atom. The number of para-hydroxylation sites is 2. The maximum absolute atomic E-state index is 12.9. The van der Waals surface area contributed by atoms with Crippen LogP contribution >= 0.6 is 0 Å². The Morgan fingerprint density at radius 2 is 1.76 bits per heavy atom. The van der Waals surface area contributed by atoms with E-state index in [4.69, 9.17) is 0 Å². The minimum atomic E-state index is -0.0605. The minimum absolute atomic E-state index is 0.0605. The first-order valence-electron chi connectivity index (χ1n) is 8.33. The number of hydrogen-bond donors (Lipinski definition) is 1. The van der Waals surface area contributed by atoms with Crippen molar-refractivity contribution in [2.45, 2.75) is 13.8 Å². The lowest BCUT2D eigenvalue weighted by atomic mass is 10.1. The fourth-order valence-corrected chi connectivity index (χ4v) is 2.70. The molecule has 2 aromatic carbocycles. The van der Waals surface area contributed by atoms with Crippen molar-refractivity contribution in [1.82, 2.24) is 4.98 Å². The molecule has 0 spiro atoms. The van der Waals surface area contributed by atoms with Gasteiger partial charge in [-0.15, -0.1) is 0 Å². The van der Waals surface area contributed by atoms with Crippen molar-refractivity contribution < 1.29 is 4.79 Å². The second-order valence-electron chi connectivity index (χ2n) is 5.79. The number of aromatic nitrogens is 1. The zero-order valence-corrected chi connectivity index (χ0v) is 14.4. The van der Waals surface area contributed by atoms with E-state index < -0.39 is 0 Å². The number of pyridine rings is 1. The van der Waals surface area contributed by atoms with Gasteiger partial charge >= 0.3 is 0 Å². The van der Waals surface area contributed by atoms with Crippen molar-refractivity contribution >= 4 is 23.0 Å². The number of anilines is 3. The average Bonchev–Trinajstić information content (AvgIpc) is 2.65. The number of amides is 1. The van der Waals surface area contributed by atoms with Crippen molar-refractivity contribution in [3.8, 4) is 0 Å². The Balaban J connectivity index is 1.85. The van der Waals surface area contributed by atoms with Crippen LogP contribution in [0.3, 0.4) is 0 Å². The first-order chi connectivity index (χ1) is 12.2. The Bertz CT molecular complexity index is 862. The van der Waals surface area contributed by atoms with Crippen LogP contribution in [0.25, 0.3) is 0 Å². The van der Waals surface area contributed by atoms with Crippen molar-refractivity contribution in [3.63, 3.8) is 0 Å². The van der Waals surface area contributed by atoms with E-state index in [1.807, 2.05) is 74.5 Å². The molecule has 1 aromatic heterocycles. The van der Waals surface area contributed by atoms with Gasteiger partial charge in [0.25, 0.3) is 5.91 Å². The monoisotopic (exact) mass is 331 g/mol. The van der Waals surface area contributed by atoms with Crippen LogP contribution in [0.1, 0.15) is 22.8 Å². The molecule has 4 heteroatoms. The maximum atomic E-state index is 12.9. The van der Waals surface area contributed by atoms with E-state index in [0.717, 1.165) is 22.6 Å². The summed E-state index contributed by atoms with van der Waals surface area (Å²) in [6, 6.07) is 19.5. The van der Waals surface area contributed by atoms with E-state index in [1.165, 1.54) is 0 Å². The smallest absolute Gasteiger partial charge is 0.259 e. The largest absolute Gasteiger partial charge is 0.354 e. The Morgan fingerprint density at radius 3 is 2.48 bits per heavy atom. The number of carbonyl (C=O) groups is 1. The van der Waals surface area contributed by atoms with Crippen LogP contribution in [-0.4, -0.2) is 17.4 Å². The summed E-state index contributed by atoms with van der Waals surface area (Å²) >= 11 is 0. The normalized spacial score (nSPS) is 10.3. The van der Waals surface area contributed by atoms with Gasteiger partial charge in [-0.25, -0.2) is 0 Å². The first-order valence-corrected chi connectivity index (χ1v) is 8.33. The summed E-state index contributed by atoms with van der Waals surface area (Å²) in [7, 11) is 0. The number of rotatable bonds is 5. The molecule has 0 radical (unpaired) electrons. The molecule has 1 N–H and O–H groups in total. The molecular weight excluding hydrogens is 310 g/mol. The van der Waals surface area contributed by atoms with Crippen LogP contribution < -0.4 is 10.2 Å². The van der Waals surface area contributed by atoms with Crippen molar-refractivity contribution in [2.24, 2.45) is 0 Å². The summed E-state index contributed by atoms with van der Waals surface area (Å²) in [5.74, 6) is -0.0605. The molecule has 0 aliphatic carbocycles. The Hall–Kier alpha value is -3.14. The first kappa shape index (κ1) is 16.7.